The summed E-state index contributed by atoms with van der Waals surface area (Å²) in [6.07, 6.45) is 2.57. The van der Waals surface area contributed by atoms with E-state index in [-0.39, 0.29) is 5.91 Å². The zero-order valence-electron chi connectivity index (χ0n) is 14.3. The number of carbonyl (C=O) groups is 1. The van der Waals surface area contributed by atoms with Crippen molar-refractivity contribution < 1.29 is 14.3 Å². The van der Waals surface area contributed by atoms with Crippen molar-refractivity contribution in [1.82, 2.24) is 10.3 Å². The molecule has 1 aliphatic heterocycles. The number of rotatable bonds is 6. The molecule has 0 fully saturated rings. The SMILES string of the molecule is COc1ccc(OC)c(/C=N/NC(=O)CN2CCc3sccc3C2)c1. The van der Waals surface area contributed by atoms with E-state index in [0.29, 0.717) is 18.0 Å². The average Bonchev–Trinajstić information content (AvgIpc) is 3.09. The van der Waals surface area contributed by atoms with Crippen LogP contribution in [0.25, 0.3) is 0 Å². The summed E-state index contributed by atoms with van der Waals surface area (Å²) in [5, 5.41) is 6.15. The lowest BCUT2D eigenvalue weighted by atomic mass is 10.1. The molecule has 0 aliphatic carbocycles. The van der Waals surface area contributed by atoms with Crippen LogP contribution in [0.15, 0.2) is 34.7 Å². The van der Waals surface area contributed by atoms with Gasteiger partial charge >= 0.3 is 0 Å². The molecule has 0 bridgehead atoms. The van der Waals surface area contributed by atoms with Gasteiger partial charge in [-0.25, -0.2) is 5.43 Å². The first kappa shape index (κ1) is 17.4. The fraction of sp³-hybridized carbons (Fsp3) is 0.333. The van der Waals surface area contributed by atoms with Gasteiger partial charge in [0.05, 0.1) is 27.0 Å². The van der Waals surface area contributed by atoms with E-state index < -0.39 is 0 Å². The van der Waals surface area contributed by atoms with Gasteiger partial charge < -0.3 is 9.47 Å². The molecule has 0 saturated heterocycles. The van der Waals surface area contributed by atoms with Crippen molar-refractivity contribution in [3.05, 3.63) is 45.6 Å². The highest BCUT2D eigenvalue weighted by molar-refractivity contribution is 7.10. The molecule has 0 spiro atoms. The maximum Gasteiger partial charge on any atom is 0.254 e. The van der Waals surface area contributed by atoms with Gasteiger partial charge in [0.2, 0.25) is 0 Å². The van der Waals surface area contributed by atoms with Gasteiger partial charge in [-0.15, -0.1) is 11.3 Å². The number of methoxy groups -OCH3 is 2. The van der Waals surface area contributed by atoms with Crippen LogP contribution < -0.4 is 14.9 Å². The summed E-state index contributed by atoms with van der Waals surface area (Å²) >= 11 is 1.79. The van der Waals surface area contributed by atoms with E-state index >= 15 is 0 Å². The quantitative estimate of drug-likeness (QED) is 0.635. The third-order valence-corrected chi connectivity index (χ3v) is 5.11. The molecule has 1 aromatic heterocycles. The zero-order valence-corrected chi connectivity index (χ0v) is 15.1. The summed E-state index contributed by atoms with van der Waals surface area (Å²) in [6.45, 7) is 2.05. The van der Waals surface area contributed by atoms with Crippen LogP contribution in [0.4, 0.5) is 0 Å². The summed E-state index contributed by atoms with van der Waals surface area (Å²) in [5.41, 5.74) is 4.65. The van der Waals surface area contributed by atoms with E-state index in [1.54, 1.807) is 43.9 Å². The molecule has 2 heterocycles. The Labute approximate surface area is 151 Å². The number of benzene rings is 1. The van der Waals surface area contributed by atoms with Gasteiger partial charge in [-0.05, 0) is 41.6 Å². The highest BCUT2D eigenvalue weighted by atomic mass is 32.1. The molecule has 7 heteroatoms. The van der Waals surface area contributed by atoms with E-state index in [0.717, 1.165) is 25.1 Å². The van der Waals surface area contributed by atoms with Crippen LogP contribution in [-0.4, -0.2) is 44.3 Å². The molecule has 3 rings (SSSR count). The molecular formula is C18H21N3O3S. The van der Waals surface area contributed by atoms with Crippen LogP contribution in [0.1, 0.15) is 16.0 Å². The van der Waals surface area contributed by atoms with Crippen LogP contribution in [0.3, 0.4) is 0 Å². The van der Waals surface area contributed by atoms with Crippen molar-refractivity contribution in [3.8, 4) is 11.5 Å². The number of fused-ring (bicyclic) bond motifs is 1. The molecule has 0 atom stereocenters. The van der Waals surface area contributed by atoms with Gasteiger partial charge in [-0.2, -0.15) is 5.10 Å². The minimum absolute atomic E-state index is 0.128. The first-order valence-electron chi connectivity index (χ1n) is 8.01. The Morgan fingerprint density at radius 3 is 3.04 bits per heavy atom. The molecule has 1 N–H and O–H groups in total. The predicted molar refractivity (Wildman–Crippen MR) is 98.6 cm³/mol. The number of carbonyl (C=O) groups excluding carboxylic acids is 1. The molecule has 6 nitrogen and oxygen atoms in total. The lowest BCUT2D eigenvalue weighted by molar-refractivity contribution is -0.122. The number of thiophene rings is 1. The topological polar surface area (TPSA) is 63.2 Å². The Balaban J connectivity index is 1.55. The number of ether oxygens (including phenoxy) is 2. The van der Waals surface area contributed by atoms with E-state index in [2.05, 4.69) is 26.9 Å². The fourth-order valence-electron chi connectivity index (χ4n) is 2.79. The van der Waals surface area contributed by atoms with Gasteiger partial charge in [-0.1, -0.05) is 0 Å². The van der Waals surface area contributed by atoms with Crippen LogP contribution in [-0.2, 0) is 17.8 Å². The highest BCUT2D eigenvalue weighted by Crippen LogP contribution is 2.24. The van der Waals surface area contributed by atoms with E-state index in [4.69, 9.17) is 9.47 Å². The summed E-state index contributed by atoms with van der Waals surface area (Å²) in [5.74, 6) is 1.24. The van der Waals surface area contributed by atoms with Crippen molar-refractivity contribution in [2.75, 3.05) is 27.3 Å². The first-order chi connectivity index (χ1) is 12.2. The molecule has 2 aromatic rings. The molecule has 0 saturated carbocycles. The number of hydrogen-bond donors (Lipinski definition) is 1. The number of hydrazone groups is 1. The van der Waals surface area contributed by atoms with E-state index in [1.165, 1.54) is 10.4 Å². The molecule has 1 aliphatic rings. The third kappa shape index (κ3) is 4.37. The summed E-state index contributed by atoms with van der Waals surface area (Å²) in [4.78, 5) is 15.7. The lowest BCUT2D eigenvalue weighted by Crippen LogP contribution is -2.38. The van der Waals surface area contributed by atoms with Crippen molar-refractivity contribution in [1.29, 1.82) is 0 Å². The molecule has 132 valence electrons. The van der Waals surface area contributed by atoms with Gasteiger partial charge in [-0.3, -0.25) is 9.69 Å². The van der Waals surface area contributed by atoms with Crippen LogP contribution >= 0.6 is 11.3 Å². The zero-order chi connectivity index (χ0) is 17.6. The van der Waals surface area contributed by atoms with Crippen LogP contribution in [0, 0.1) is 0 Å². The largest absolute Gasteiger partial charge is 0.497 e. The molecule has 1 amide bonds. The maximum absolute atomic E-state index is 12.1. The number of nitrogens with one attached hydrogen (secondary N) is 1. The first-order valence-corrected chi connectivity index (χ1v) is 8.89. The van der Waals surface area contributed by atoms with Crippen molar-refractivity contribution >= 4 is 23.5 Å². The second kappa shape index (κ2) is 8.13. The van der Waals surface area contributed by atoms with Crippen molar-refractivity contribution in [2.24, 2.45) is 5.10 Å². The molecule has 0 unspecified atom stereocenters. The van der Waals surface area contributed by atoms with Crippen LogP contribution in [0.5, 0.6) is 11.5 Å². The standard InChI is InChI=1S/C18H21N3O3S/c1-23-15-3-4-16(24-2)14(9-15)10-19-20-18(22)12-21-7-5-17-13(11-21)6-8-25-17/h3-4,6,8-10H,5,7,11-12H2,1-2H3,(H,20,22)/b19-10+. The predicted octanol–water partition coefficient (Wildman–Crippen LogP) is 2.27. The summed E-state index contributed by atoms with van der Waals surface area (Å²) < 4.78 is 10.5. The molecule has 0 radical (unpaired) electrons. The fourth-order valence-corrected chi connectivity index (χ4v) is 3.68. The molecule has 1 aromatic carbocycles. The van der Waals surface area contributed by atoms with Crippen molar-refractivity contribution in [2.45, 2.75) is 13.0 Å². The maximum atomic E-state index is 12.1. The Hall–Kier alpha value is -2.38. The van der Waals surface area contributed by atoms with Crippen molar-refractivity contribution in [3.63, 3.8) is 0 Å². The normalized spacial score (nSPS) is 14.3. The second-order valence-corrected chi connectivity index (χ2v) is 6.73. The van der Waals surface area contributed by atoms with Gasteiger partial charge in [0, 0.05) is 23.5 Å². The summed E-state index contributed by atoms with van der Waals surface area (Å²) in [6, 6.07) is 7.55. The van der Waals surface area contributed by atoms with Gasteiger partial charge in [0.15, 0.2) is 0 Å². The average molecular weight is 359 g/mol. The Bertz CT molecular complexity index is 773. The number of nitrogens with zero attached hydrogens (tertiary/aromatic N) is 2. The van der Waals surface area contributed by atoms with E-state index in [1.807, 2.05) is 6.07 Å². The van der Waals surface area contributed by atoms with E-state index in [9.17, 15) is 4.79 Å². The lowest BCUT2D eigenvalue weighted by Gasteiger charge is -2.25. The Morgan fingerprint density at radius 2 is 2.24 bits per heavy atom. The second-order valence-electron chi connectivity index (χ2n) is 5.73. The number of hydrogen-bond acceptors (Lipinski definition) is 6. The Morgan fingerprint density at radius 1 is 1.36 bits per heavy atom. The van der Waals surface area contributed by atoms with Gasteiger partial charge in [0.1, 0.15) is 11.5 Å². The smallest absolute Gasteiger partial charge is 0.254 e. The Kier molecular flexibility index (Phi) is 5.67. The monoisotopic (exact) mass is 359 g/mol. The summed E-state index contributed by atoms with van der Waals surface area (Å²) in [7, 11) is 3.19. The minimum atomic E-state index is -0.128. The van der Waals surface area contributed by atoms with Crippen LogP contribution in [0.2, 0.25) is 0 Å². The highest BCUT2D eigenvalue weighted by Gasteiger charge is 2.18. The molecular weight excluding hydrogens is 338 g/mol. The van der Waals surface area contributed by atoms with Gasteiger partial charge in [0.25, 0.3) is 5.91 Å². The number of amides is 1. The minimum Gasteiger partial charge on any atom is -0.497 e. The molecule has 25 heavy (non-hydrogen) atoms. The third-order valence-electron chi connectivity index (χ3n) is 4.08.